The molecule has 0 aliphatic carbocycles. The molecule has 7 nitrogen and oxygen atoms in total. The summed E-state index contributed by atoms with van der Waals surface area (Å²) in [4.78, 5) is 37.2. The lowest BCUT2D eigenvalue weighted by molar-refractivity contribution is -0.132. The summed E-state index contributed by atoms with van der Waals surface area (Å²) in [6.45, 7) is 0.514. The lowest BCUT2D eigenvalue weighted by atomic mass is 10.0. The fraction of sp³-hybridized carbons (Fsp3) is 0.286. The number of thioether (sulfide) groups is 1. The van der Waals surface area contributed by atoms with Crippen LogP contribution in [0.15, 0.2) is 48.5 Å². The van der Waals surface area contributed by atoms with Gasteiger partial charge in [-0.1, -0.05) is 24.3 Å². The number of nitrogens with one attached hydrogen (secondary N) is 3. The zero-order valence-electron chi connectivity index (χ0n) is 16.8. The maximum absolute atomic E-state index is 14.7. The number of para-hydroxylation sites is 1. The number of rotatable bonds is 5. The van der Waals surface area contributed by atoms with Crippen LogP contribution in [0.2, 0.25) is 0 Å². The van der Waals surface area contributed by atoms with Gasteiger partial charge in [-0.25, -0.2) is 9.18 Å². The third-order valence-electron chi connectivity index (χ3n) is 4.78. The molecular formula is C21H21F3N4O3S. The summed E-state index contributed by atoms with van der Waals surface area (Å²) < 4.78 is 39.0. The topological polar surface area (TPSA) is 90.5 Å². The number of hydrogen-bond donors (Lipinski definition) is 3. The van der Waals surface area contributed by atoms with Crippen molar-refractivity contribution in [3.05, 3.63) is 65.5 Å². The van der Waals surface area contributed by atoms with Crippen molar-refractivity contribution in [2.75, 3.05) is 23.4 Å². The lowest BCUT2D eigenvalue weighted by Gasteiger charge is -2.35. The fourth-order valence-electron chi connectivity index (χ4n) is 3.16. The van der Waals surface area contributed by atoms with Crippen molar-refractivity contribution in [1.29, 1.82) is 0 Å². The van der Waals surface area contributed by atoms with E-state index in [1.54, 1.807) is 39.6 Å². The van der Waals surface area contributed by atoms with Gasteiger partial charge in [-0.05, 0) is 36.2 Å². The number of halogens is 3. The van der Waals surface area contributed by atoms with E-state index in [9.17, 15) is 27.6 Å². The monoisotopic (exact) mass is 466 g/mol. The second-order valence-corrected chi connectivity index (χ2v) is 8.12. The molecule has 0 aromatic heterocycles. The van der Waals surface area contributed by atoms with Gasteiger partial charge in [-0.3, -0.25) is 20.4 Å². The number of benzene rings is 2. The van der Waals surface area contributed by atoms with Crippen molar-refractivity contribution >= 4 is 35.3 Å². The van der Waals surface area contributed by atoms with Gasteiger partial charge in [-0.2, -0.15) is 20.5 Å². The second kappa shape index (κ2) is 10.9. The molecule has 3 rings (SSSR count). The van der Waals surface area contributed by atoms with E-state index in [4.69, 9.17) is 0 Å². The predicted octanol–water partition coefficient (Wildman–Crippen LogP) is 3.04. The first-order valence-corrected chi connectivity index (χ1v) is 10.9. The molecule has 1 aliphatic rings. The van der Waals surface area contributed by atoms with Crippen LogP contribution in [-0.4, -0.2) is 53.3 Å². The molecule has 3 N–H and O–H groups in total. The molecule has 0 bridgehead atoms. The van der Waals surface area contributed by atoms with Gasteiger partial charge < -0.3 is 10.2 Å². The average Bonchev–Trinajstić information content (AvgIpc) is 2.79. The third kappa shape index (κ3) is 6.16. The second-order valence-electron chi connectivity index (χ2n) is 6.97. The molecule has 0 saturated carbocycles. The number of amides is 4. The van der Waals surface area contributed by atoms with Crippen molar-refractivity contribution in [2.45, 2.75) is 18.9 Å². The molecule has 1 heterocycles. The van der Waals surface area contributed by atoms with E-state index in [1.165, 1.54) is 12.1 Å². The average molecular weight is 466 g/mol. The quantitative estimate of drug-likeness (QED) is 0.591. The molecular weight excluding hydrogens is 445 g/mol. The normalized spacial score (nSPS) is 15.9. The van der Waals surface area contributed by atoms with Gasteiger partial charge in [0.1, 0.15) is 5.82 Å². The Hall–Kier alpha value is -3.21. The van der Waals surface area contributed by atoms with Gasteiger partial charge in [-0.15, -0.1) is 0 Å². The van der Waals surface area contributed by atoms with Crippen LogP contribution in [0, 0.1) is 5.82 Å². The number of anilines is 1. The Morgan fingerprint density at radius 3 is 2.53 bits per heavy atom. The van der Waals surface area contributed by atoms with Crippen molar-refractivity contribution in [3.8, 4) is 0 Å². The van der Waals surface area contributed by atoms with Gasteiger partial charge in [0.05, 0.1) is 0 Å². The van der Waals surface area contributed by atoms with Crippen molar-refractivity contribution < 1.29 is 27.6 Å². The molecule has 0 spiro atoms. The Labute approximate surface area is 186 Å². The molecule has 11 heteroatoms. The minimum Gasteiger partial charge on any atom is -0.320 e. The number of alkyl halides is 2. The van der Waals surface area contributed by atoms with Crippen molar-refractivity contribution in [2.24, 2.45) is 0 Å². The van der Waals surface area contributed by atoms with E-state index < -0.39 is 24.1 Å². The van der Waals surface area contributed by atoms with Gasteiger partial charge in [0, 0.05) is 35.3 Å². The Bertz CT molecular complexity index is 978. The fourth-order valence-corrected chi connectivity index (χ4v) is 4.22. The first-order chi connectivity index (χ1) is 15.3. The highest BCUT2D eigenvalue weighted by Crippen LogP contribution is 2.23. The van der Waals surface area contributed by atoms with E-state index in [1.807, 2.05) is 18.2 Å². The van der Waals surface area contributed by atoms with E-state index in [0.717, 1.165) is 11.8 Å². The molecule has 2 aromatic rings. The van der Waals surface area contributed by atoms with Crippen LogP contribution in [0.1, 0.15) is 15.9 Å². The standard InChI is InChI=1S/C21H21F3N4O3S/c22-17-11-14(19(29)26-27-20(30)18(23)24)7-6-13(17)10-16-12-32-9-8-28(16)21(31)25-15-4-2-1-3-5-15/h1-7,11,16,18H,8-10,12H2,(H,25,31)(H,26,29)(H,27,30). The molecule has 1 atom stereocenters. The van der Waals surface area contributed by atoms with E-state index >= 15 is 0 Å². The van der Waals surface area contributed by atoms with Crippen molar-refractivity contribution in [3.63, 3.8) is 0 Å². The minimum atomic E-state index is -3.29. The molecule has 0 radical (unpaired) electrons. The molecule has 1 aliphatic heterocycles. The smallest absolute Gasteiger partial charge is 0.320 e. The Kier molecular flexibility index (Phi) is 7.98. The Balaban J connectivity index is 1.65. The molecule has 2 aromatic carbocycles. The third-order valence-corrected chi connectivity index (χ3v) is 5.87. The Morgan fingerprint density at radius 2 is 1.84 bits per heavy atom. The lowest BCUT2D eigenvalue weighted by Crippen LogP contribution is -2.49. The number of urea groups is 1. The van der Waals surface area contributed by atoms with Crippen LogP contribution < -0.4 is 16.2 Å². The molecule has 170 valence electrons. The van der Waals surface area contributed by atoms with Crippen LogP contribution in [0.3, 0.4) is 0 Å². The number of carbonyl (C=O) groups is 3. The summed E-state index contributed by atoms with van der Waals surface area (Å²) in [6, 6.07) is 12.2. The SMILES string of the molecule is O=C(NNC(=O)C(F)F)c1ccc(CC2CSCCN2C(=O)Nc2ccccc2)c(F)c1. The number of hydrogen-bond acceptors (Lipinski definition) is 4. The largest absolute Gasteiger partial charge is 0.322 e. The molecule has 4 amide bonds. The highest BCUT2D eigenvalue weighted by molar-refractivity contribution is 7.99. The van der Waals surface area contributed by atoms with E-state index in [-0.39, 0.29) is 24.1 Å². The predicted molar refractivity (Wildman–Crippen MR) is 115 cm³/mol. The molecule has 1 unspecified atom stereocenters. The van der Waals surface area contributed by atoms with Gasteiger partial charge in [0.2, 0.25) is 0 Å². The first-order valence-electron chi connectivity index (χ1n) is 9.72. The molecule has 32 heavy (non-hydrogen) atoms. The van der Waals surface area contributed by atoms with Crippen LogP contribution in [0.5, 0.6) is 0 Å². The molecule has 1 saturated heterocycles. The van der Waals surface area contributed by atoms with E-state index in [0.29, 0.717) is 23.5 Å². The number of carbonyl (C=O) groups excluding carboxylic acids is 3. The minimum absolute atomic E-state index is 0.141. The van der Waals surface area contributed by atoms with Gasteiger partial charge in [0.15, 0.2) is 0 Å². The van der Waals surface area contributed by atoms with Crippen LogP contribution in [-0.2, 0) is 11.2 Å². The highest BCUT2D eigenvalue weighted by Gasteiger charge is 2.28. The summed E-state index contributed by atoms with van der Waals surface area (Å²) >= 11 is 1.67. The molecule has 1 fully saturated rings. The maximum Gasteiger partial charge on any atom is 0.322 e. The van der Waals surface area contributed by atoms with Gasteiger partial charge >= 0.3 is 18.4 Å². The highest BCUT2D eigenvalue weighted by atomic mass is 32.2. The summed E-state index contributed by atoms with van der Waals surface area (Å²) in [5.41, 5.74) is 4.19. The van der Waals surface area contributed by atoms with Crippen LogP contribution in [0.25, 0.3) is 0 Å². The van der Waals surface area contributed by atoms with Crippen LogP contribution in [0.4, 0.5) is 23.7 Å². The number of nitrogens with zero attached hydrogens (tertiary/aromatic N) is 1. The Morgan fingerprint density at radius 1 is 1.09 bits per heavy atom. The maximum atomic E-state index is 14.7. The van der Waals surface area contributed by atoms with Crippen LogP contribution >= 0.6 is 11.8 Å². The zero-order valence-corrected chi connectivity index (χ0v) is 17.6. The number of hydrazine groups is 1. The zero-order chi connectivity index (χ0) is 23.1. The summed E-state index contributed by atoms with van der Waals surface area (Å²) in [6.07, 6.45) is -3.05. The van der Waals surface area contributed by atoms with E-state index in [2.05, 4.69) is 5.32 Å². The summed E-state index contributed by atoms with van der Waals surface area (Å²) in [5.74, 6) is -1.87. The first kappa shape index (κ1) is 23.5. The summed E-state index contributed by atoms with van der Waals surface area (Å²) in [5, 5.41) is 2.84. The van der Waals surface area contributed by atoms with Gasteiger partial charge in [0.25, 0.3) is 5.91 Å². The summed E-state index contributed by atoms with van der Waals surface area (Å²) in [7, 11) is 0. The van der Waals surface area contributed by atoms with Crippen molar-refractivity contribution in [1.82, 2.24) is 15.8 Å².